The van der Waals surface area contributed by atoms with Gasteiger partial charge in [0, 0.05) is 18.0 Å². The molecule has 0 bridgehead atoms. The molecule has 104 valence electrons. The van der Waals surface area contributed by atoms with Crippen molar-refractivity contribution in [2.45, 2.75) is 31.0 Å². The van der Waals surface area contributed by atoms with E-state index in [9.17, 15) is 9.90 Å². The van der Waals surface area contributed by atoms with Gasteiger partial charge in [-0.1, -0.05) is 0 Å². The minimum absolute atomic E-state index is 0.116. The quantitative estimate of drug-likeness (QED) is 0.863. The number of thioether (sulfide) groups is 1. The van der Waals surface area contributed by atoms with Gasteiger partial charge >= 0.3 is 5.97 Å². The fourth-order valence-corrected chi connectivity index (χ4v) is 2.90. The summed E-state index contributed by atoms with van der Waals surface area (Å²) in [7, 11) is 0. The number of hydrogen-bond donors (Lipinski definition) is 1. The van der Waals surface area contributed by atoms with Crippen LogP contribution in [0.5, 0.6) is 0 Å². The molecule has 2 rings (SSSR count). The van der Waals surface area contributed by atoms with Gasteiger partial charge < -0.3 is 14.7 Å². The SMILES string of the molecule is CSc1ccc(N2CC(C)OC(C)C2)c(C(=O)O)c1. The van der Waals surface area contributed by atoms with Crippen molar-refractivity contribution >= 4 is 23.4 Å². The predicted molar refractivity (Wildman–Crippen MR) is 77.4 cm³/mol. The van der Waals surface area contributed by atoms with Crippen molar-refractivity contribution in [2.75, 3.05) is 24.2 Å². The topological polar surface area (TPSA) is 49.8 Å². The van der Waals surface area contributed by atoms with E-state index in [0.29, 0.717) is 5.56 Å². The van der Waals surface area contributed by atoms with Crippen LogP contribution in [0.4, 0.5) is 5.69 Å². The van der Waals surface area contributed by atoms with Crippen LogP contribution < -0.4 is 4.90 Å². The smallest absolute Gasteiger partial charge is 0.337 e. The van der Waals surface area contributed by atoms with Gasteiger partial charge in [0.05, 0.1) is 23.5 Å². The molecule has 0 aliphatic carbocycles. The van der Waals surface area contributed by atoms with E-state index in [-0.39, 0.29) is 12.2 Å². The minimum atomic E-state index is -0.877. The van der Waals surface area contributed by atoms with Crippen molar-refractivity contribution in [3.05, 3.63) is 23.8 Å². The lowest BCUT2D eigenvalue weighted by atomic mass is 10.1. The number of rotatable bonds is 3. The lowest BCUT2D eigenvalue weighted by Crippen LogP contribution is -2.46. The predicted octanol–water partition coefficient (Wildman–Crippen LogP) is 2.72. The first kappa shape index (κ1) is 14.2. The number of nitrogens with zero attached hydrogens (tertiary/aromatic N) is 1. The highest BCUT2D eigenvalue weighted by molar-refractivity contribution is 7.98. The number of carbonyl (C=O) groups is 1. The molecule has 5 heteroatoms. The van der Waals surface area contributed by atoms with Crippen LogP contribution in [0.15, 0.2) is 23.1 Å². The summed E-state index contributed by atoms with van der Waals surface area (Å²) < 4.78 is 5.69. The van der Waals surface area contributed by atoms with Crippen molar-refractivity contribution < 1.29 is 14.6 Å². The average molecular weight is 281 g/mol. The van der Waals surface area contributed by atoms with Crippen LogP contribution in [0.25, 0.3) is 0 Å². The first-order valence-electron chi connectivity index (χ1n) is 6.33. The highest BCUT2D eigenvalue weighted by atomic mass is 32.2. The summed E-state index contributed by atoms with van der Waals surface area (Å²) in [5.41, 5.74) is 1.15. The minimum Gasteiger partial charge on any atom is -0.478 e. The molecule has 1 aromatic carbocycles. The molecule has 0 spiro atoms. The Bertz CT molecular complexity index is 468. The second kappa shape index (κ2) is 5.84. The van der Waals surface area contributed by atoms with E-state index in [1.165, 1.54) is 0 Å². The second-order valence-electron chi connectivity index (χ2n) is 4.85. The second-order valence-corrected chi connectivity index (χ2v) is 5.73. The van der Waals surface area contributed by atoms with E-state index >= 15 is 0 Å². The third kappa shape index (κ3) is 3.22. The van der Waals surface area contributed by atoms with E-state index in [0.717, 1.165) is 23.7 Å². The van der Waals surface area contributed by atoms with Crippen LogP contribution in [0, 0.1) is 0 Å². The third-order valence-electron chi connectivity index (χ3n) is 3.19. The van der Waals surface area contributed by atoms with Crippen molar-refractivity contribution in [1.82, 2.24) is 0 Å². The van der Waals surface area contributed by atoms with Gasteiger partial charge in [0.15, 0.2) is 0 Å². The van der Waals surface area contributed by atoms with Gasteiger partial charge in [-0.2, -0.15) is 0 Å². The summed E-state index contributed by atoms with van der Waals surface area (Å²) >= 11 is 1.55. The number of anilines is 1. The van der Waals surface area contributed by atoms with Crippen LogP contribution in [0.2, 0.25) is 0 Å². The molecule has 4 nitrogen and oxygen atoms in total. The number of aromatic carboxylic acids is 1. The Kier molecular flexibility index (Phi) is 4.37. The maximum atomic E-state index is 11.4. The van der Waals surface area contributed by atoms with E-state index < -0.39 is 5.97 Å². The zero-order valence-corrected chi connectivity index (χ0v) is 12.2. The third-order valence-corrected chi connectivity index (χ3v) is 3.92. The van der Waals surface area contributed by atoms with Gasteiger partial charge in [0.25, 0.3) is 0 Å². The van der Waals surface area contributed by atoms with E-state index in [1.54, 1.807) is 17.8 Å². The Balaban J connectivity index is 2.35. The summed E-state index contributed by atoms with van der Waals surface area (Å²) in [6.07, 6.45) is 2.18. The lowest BCUT2D eigenvalue weighted by Gasteiger charge is -2.37. The molecule has 0 radical (unpaired) electrons. The van der Waals surface area contributed by atoms with Crippen LogP contribution >= 0.6 is 11.8 Å². The first-order valence-corrected chi connectivity index (χ1v) is 7.55. The summed E-state index contributed by atoms with van der Waals surface area (Å²) in [6, 6.07) is 5.62. The molecule has 1 heterocycles. The molecular formula is C14H19NO3S. The van der Waals surface area contributed by atoms with Crippen LogP contribution in [-0.4, -0.2) is 42.6 Å². The highest BCUT2D eigenvalue weighted by Gasteiger charge is 2.25. The Morgan fingerprint density at radius 1 is 1.37 bits per heavy atom. The molecular weight excluding hydrogens is 262 g/mol. The summed E-state index contributed by atoms with van der Waals surface area (Å²) in [6.45, 7) is 5.48. The number of ether oxygens (including phenoxy) is 1. The highest BCUT2D eigenvalue weighted by Crippen LogP contribution is 2.28. The van der Waals surface area contributed by atoms with Gasteiger partial charge in [-0.25, -0.2) is 4.79 Å². The van der Waals surface area contributed by atoms with Crippen LogP contribution in [-0.2, 0) is 4.74 Å². The van der Waals surface area contributed by atoms with Gasteiger partial charge in [0.1, 0.15) is 0 Å². The number of hydrogen-bond acceptors (Lipinski definition) is 4. The lowest BCUT2D eigenvalue weighted by molar-refractivity contribution is -0.00532. The van der Waals surface area contributed by atoms with E-state index in [4.69, 9.17) is 4.74 Å². The van der Waals surface area contributed by atoms with Crippen molar-refractivity contribution in [3.8, 4) is 0 Å². The number of carboxylic acid groups (broad SMARTS) is 1. The van der Waals surface area contributed by atoms with Gasteiger partial charge in [0.2, 0.25) is 0 Å². The van der Waals surface area contributed by atoms with Crippen LogP contribution in [0.1, 0.15) is 24.2 Å². The molecule has 2 unspecified atom stereocenters. The molecule has 1 aliphatic heterocycles. The molecule has 1 aromatic rings. The van der Waals surface area contributed by atoms with Crippen molar-refractivity contribution in [3.63, 3.8) is 0 Å². The van der Waals surface area contributed by atoms with Crippen LogP contribution in [0.3, 0.4) is 0 Å². The molecule has 19 heavy (non-hydrogen) atoms. The number of benzene rings is 1. The Hall–Kier alpha value is -1.20. The molecule has 0 amide bonds. The average Bonchev–Trinajstić information content (AvgIpc) is 2.36. The molecule has 1 fully saturated rings. The molecule has 0 aromatic heterocycles. The standard InChI is InChI=1S/C14H19NO3S/c1-9-7-15(8-10(2)18-9)13-5-4-11(19-3)6-12(13)14(16)17/h4-6,9-10H,7-8H2,1-3H3,(H,16,17). The molecule has 2 atom stereocenters. The zero-order valence-electron chi connectivity index (χ0n) is 11.4. The monoisotopic (exact) mass is 281 g/mol. The summed E-state index contributed by atoms with van der Waals surface area (Å²) in [4.78, 5) is 14.5. The number of morpholine rings is 1. The fraction of sp³-hybridized carbons (Fsp3) is 0.500. The van der Waals surface area contributed by atoms with E-state index in [2.05, 4.69) is 4.90 Å². The van der Waals surface area contributed by atoms with Gasteiger partial charge in [-0.05, 0) is 38.3 Å². The first-order chi connectivity index (χ1) is 9.01. The summed E-state index contributed by atoms with van der Waals surface area (Å²) in [5.74, 6) is -0.877. The van der Waals surface area contributed by atoms with Gasteiger partial charge in [-0.15, -0.1) is 11.8 Å². The van der Waals surface area contributed by atoms with Gasteiger partial charge in [-0.3, -0.25) is 0 Å². The van der Waals surface area contributed by atoms with Crippen molar-refractivity contribution in [1.29, 1.82) is 0 Å². The fourth-order valence-electron chi connectivity index (χ4n) is 2.46. The summed E-state index contributed by atoms with van der Waals surface area (Å²) in [5, 5.41) is 9.38. The number of carboxylic acids is 1. The normalized spacial score (nSPS) is 23.4. The molecule has 1 N–H and O–H groups in total. The zero-order chi connectivity index (χ0) is 14.0. The maximum absolute atomic E-state index is 11.4. The molecule has 1 saturated heterocycles. The molecule has 1 aliphatic rings. The Labute approximate surface area is 117 Å². The van der Waals surface area contributed by atoms with Crippen molar-refractivity contribution in [2.24, 2.45) is 0 Å². The largest absolute Gasteiger partial charge is 0.478 e. The van der Waals surface area contributed by atoms with E-state index in [1.807, 2.05) is 32.2 Å². The Morgan fingerprint density at radius 2 is 2.00 bits per heavy atom. The molecule has 0 saturated carbocycles. The Morgan fingerprint density at radius 3 is 2.53 bits per heavy atom. The maximum Gasteiger partial charge on any atom is 0.337 e.